The van der Waals surface area contributed by atoms with Gasteiger partial charge in [-0.3, -0.25) is 9.10 Å². The van der Waals surface area contributed by atoms with E-state index in [0.29, 0.717) is 12.1 Å². The van der Waals surface area contributed by atoms with Crippen molar-refractivity contribution in [1.82, 2.24) is 4.31 Å². The molecule has 0 saturated heterocycles. The van der Waals surface area contributed by atoms with Crippen LogP contribution in [0.3, 0.4) is 0 Å². The van der Waals surface area contributed by atoms with Crippen LogP contribution < -0.4 is 0 Å². The van der Waals surface area contributed by atoms with Gasteiger partial charge in [0, 0.05) is 12.1 Å². The molecule has 64 valence electrons. The van der Waals surface area contributed by atoms with Gasteiger partial charge < -0.3 is 0 Å². The Hall–Kier alpha value is -0.960. The molecule has 0 aliphatic heterocycles. The molecular formula is C9H11NOS. The largest absolute Gasteiger partial charge is 0.285 e. The summed E-state index contributed by atoms with van der Waals surface area (Å²) in [6.07, 6.45) is 0. The smallest absolute Gasteiger partial charge is 0.263 e. The second-order valence-corrected chi connectivity index (χ2v) is 2.87. The van der Waals surface area contributed by atoms with E-state index in [4.69, 9.17) is 0 Å². The molecule has 0 fully saturated rings. The predicted octanol–water partition coefficient (Wildman–Crippen LogP) is 1.99. The van der Waals surface area contributed by atoms with Crippen LogP contribution in [0.5, 0.6) is 0 Å². The second-order valence-electron chi connectivity index (χ2n) is 2.39. The molecule has 2 nitrogen and oxygen atoms in total. The summed E-state index contributed by atoms with van der Waals surface area (Å²) in [5, 5.41) is 0. The first-order valence-electron chi connectivity index (χ1n) is 3.81. The zero-order valence-electron chi connectivity index (χ0n) is 6.90. The fraction of sp³-hybridized carbons (Fsp3) is 0.222. The third-order valence-corrected chi connectivity index (χ3v) is 2.02. The van der Waals surface area contributed by atoms with E-state index in [1.165, 1.54) is 4.31 Å². The number of rotatable bonds is 2. The third-order valence-electron chi connectivity index (χ3n) is 1.55. The van der Waals surface area contributed by atoms with Crippen LogP contribution in [-0.4, -0.2) is 16.8 Å². The molecule has 0 bridgehead atoms. The Balaban J connectivity index is 2.79. The Morgan fingerprint density at radius 2 is 2.00 bits per heavy atom. The Bertz CT molecular complexity index is 260. The van der Waals surface area contributed by atoms with E-state index in [2.05, 4.69) is 12.8 Å². The maximum Gasteiger partial charge on any atom is 0.263 e. The highest BCUT2D eigenvalue weighted by molar-refractivity contribution is 7.78. The Labute approximate surface area is 77.7 Å². The summed E-state index contributed by atoms with van der Waals surface area (Å²) in [4.78, 5) is 11.4. The fourth-order valence-electron chi connectivity index (χ4n) is 0.873. The molecule has 0 unspecified atom stereocenters. The van der Waals surface area contributed by atoms with E-state index in [1.807, 2.05) is 25.1 Å². The van der Waals surface area contributed by atoms with Gasteiger partial charge in [-0.1, -0.05) is 31.0 Å². The highest BCUT2D eigenvalue weighted by Gasteiger charge is 2.08. The number of hydrogen-bond acceptors (Lipinski definition) is 2. The third kappa shape index (κ3) is 2.01. The summed E-state index contributed by atoms with van der Waals surface area (Å²) >= 11 is 4.02. The molecular weight excluding hydrogens is 170 g/mol. The first kappa shape index (κ1) is 9.13. The lowest BCUT2D eigenvalue weighted by atomic mass is 10.2. The summed E-state index contributed by atoms with van der Waals surface area (Å²) in [7, 11) is 0. The molecule has 1 aromatic carbocycles. The fourth-order valence-corrected chi connectivity index (χ4v) is 0.989. The zero-order chi connectivity index (χ0) is 8.97. The van der Waals surface area contributed by atoms with Crippen molar-refractivity contribution in [2.24, 2.45) is 0 Å². The van der Waals surface area contributed by atoms with Crippen LogP contribution in [0.25, 0.3) is 0 Å². The van der Waals surface area contributed by atoms with E-state index >= 15 is 0 Å². The first-order valence-corrected chi connectivity index (χ1v) is 4.21. The maximum atomic E-state index is 11.4. The van der Waals surface area contributed by atoms with Gasteiger partial charge in [-0.05, 0) is 19.1 Å². The summed E-state index contributed by atoms with van der Waals surface area (Å²) in [6, 6.07) is 9.11. The van der Waals surface area contributed by atoms with Crippen LogP contribution >= 0.6 is 12.8 Å². The highest BCUT2D eigenvalue weighted by Crippen LogP contribution is 2.05. The van der Waals surface area contributed by atoms with Crippen LogP contribution in [0, 0.1) is 0 Å². The molecule has 12 heavy (non-hydrogen) atoms. The van der Waals surface area contributed by atoms with E-state index in [0.717, 1.165) is 0 Å². The zero-order valence-corrected chi connectivity index (χ0v) is 7.79. The molecule has 3 heteroatoms. The molecule has 0 saturated carbocycles. The summed E-state index contributed by atoms with van der Waals surface area (Å²) in [5.74, 6) is -0.0542. The van der Waals surface area contributed by atoms with Crippen molar-refractivity contribution >= 4 is 18.7 Å². The number of amides is 1. The molecule has 0 heterocycles. The first-order chi connectivity index (χ1) is 5.75. The second kappa shape index (κ2) is 4.16. The van der Waals surface area contributed by atoms with E-state index in [-0.39, 0.29) is 5.91 Å². The van der Waals surface area contributed by atoms with Gasteiger partial charge in [0.15, 0.2) is 0 Å². The predicted molar refractivity (Wildman–Crippen MR) is 52.1 cm³/mol. The number of benzene rings is 1. The summed E-state index contributed by atoms with van der Waals surface area (Å²) in [6.45, 7) is 2.49. The van der Waals surface area contributed by atoms with Crippen LogP contribution in [0.15, 0.2) is 30.3 Å². The number of nitrogens with zero attached hydrogens (tertiary/aromatic N) is 1. The minimum atomic E-state index is -0.0542. The maximum absolute atomic E-state index is 11.4. The number of hydrogen-bond donors (Lipinski definition) is 1. The molecule has 0 atom stereocenters. The van der Waals surface area contributed by atoms with Gasteiger partial charge in [-0.2, -0.15) is 0 Å². The van der Waals surface area contributed by atoms with Gasteiger partial charge >= 0.3 is 0 Å². The average Bonchev–Trinajstić information content (AvgIpc) is 2.17. The molecule has 0 aliphatic rings. The molecule has 1 rings (SSSR count). The lowest BCUT2D eigenvalue weighted by Crippen LogP contribution is -2.20. The van der Waals surface area contributed by atoms with Crippen molar-refractivity contribution in [2.45, 2.75) is 6.92 Å². The molecule has 0 spiro atoms. The van der Waals surface area contributed by atoms with Crippen LogP contribution in [0.4, 0.5) is 0 Å². The van der Waals surface area contributed by atoms with Crippen molar-refractivity contribution in [3.8, 4) is 0 Å². The minimum absolute atomic E-state index is 0.0542. The monoisotopic (exact) mass is 181 g/mol. The van der Waals surface area contributed by atoms with Crippen molar-refractivity contribution in [2.75, 3.05) is 6.54 Å². The van der Waals surface area contributed by atoms with E-state index < -0.39 is 0 Å². The number of thiol groups is 1. The van der Waals surface area contributed by atoms with Gasteiger partial charge in [-0.15, -0.1) is 0 Å². The molecule has 1 amide bonds. The van der Waals surface area contributed by atoms with E-state index in [9.17, 15) is 4.79 Å². The van der Waals surface area contributed by atoms with Gasteiger partial charge in [0.05, 0.1) is 0 Å². The molecule has 0 N–H and O–H groups in total. The van der Waals surface area contributed by atoms with Crippen molar-refractivity contribution in [3.05, 3.63) is 35.9 Å². The van der Waals surface area contributed by atoms with Gasteiger partial charge in [0.25, 0.3) is 5.91 Å². The lowest BCUT2D eigenvalue weighted by Gasteiger charge is -2.11. The SMILES string of the molecule is CCN(S)C(=O)c1ccccc1. The lowest BCUT2D eigenvalue weighted by molar-refractivity contribution is 0.0878. The van der Waals surface area contributed by atoms with E-state index in [1.54, 1.807) is 12.1 Å². The quantitative estimate of drug-likeness (QED) is 0.692. The van der Waals surface area contributed by atoms with Gasteiger partial charge in [0.1, 0.15) is 0 Å². The van der Waals surface area contributed by atoms with Crippen molar-refractivity contribution in [3.63, 3.8) is 0 Å². The molecule has 0 aliphatic carbocycles. The topological polar surface area (TPSA) is 20.3 Å². The average molecular weight is 181 g/mol. The summed E-state index contributed by atoms with van der Waals surface area (Å²) < 4.78 is 1.38. The van der Waals surface area contributed by atoms with Crippen LogP contribution in [0.1, 0.15) is 17.3 Å². The highest BCUT2D eigenvalue weighted by atomic mass is 32.1. The van der Waals surface area contributed by atoms with Crippen LogP contribution in [-0.2, 0) is 0 Å². The summed E-state index contributed by atoms with van der Waals surface area (Å²) in [5.41, 5.74) is 0.675. The molecule has 0 aromatic heterocycles. The normalized spacial score (nSPS) is 9.50. The standard InChI is InChI=1S/C9H11NOS/c1-2-10(12)9(11)8-6-4-3-5-7-8/h3-7,12H,2H2,1H3. The van der Waals surface area contributed by atoms with Gasteiger partial charge in [-0.25, -0.2) is 0 Å². The van der Waals surface area contributed by atoms with Crippen LogP contribution in [0.2, 0.25) is 0 Å². The Kier molecular flexibility index (Phi) is 3.17. The molecule has 0 radical (unpaired) electrons. The minimum Gasteiger partial charge on any atom is -0.285 e. The van der Waals surface area contributed by atoms with Gasteiger partial charge in [0.2, 0.25) is 0 Å². The number of carbonyl (C=O) groups is 1. The van der Waals surface area contributed by atoms with Crippen molar-refractivity contribution < 1.29 is 4.79 Å². The molecule has 1 aromatic rings. The Morgan fingerprint density at radius 3 is 2.50 bits per heavy atom. The Morgan fingerprint density at radius 1 is 1.42 bits per heavy atom. The van der Waals surface area contributed by atoms with Crippen molar-refractivity contribution in [1.29, 1.82) is 0 Å². The number of carbonyl (C=O) groups excluding carboxylic acids is 1.